The molecular formula is C19H12N2. The minimum absolute atomic E-state index is 0.934. The Morgan fingerprint density at radius 3 is 2.67 bits per heavy atom. The molecule has 0 saturated heterocycles. The third-order valence-electron chi connectivity index (χ3n) is 4.29. The van der Waals surface area contributed by atoms with Crippen molar-refractivity contribution in [1.82, 2.24) is 9.97 Å². The van der Waals surface area contributed by atoms with Gasteiger partial charge >= 0.3 is 0 Å². The van der Waals surface area contributed by atoms with E-state index in [2.05, 4.69) is 47.4 Å². The highest BCUT2D eigenvalue weighted by Gasteiger charge is 2.19. The maximum absolute atomic E-state index is 4.88. The minimum Gasteiger partial charge on any atom is -0.255 e. The van der Waals surface area contributed by atoms with Crippen LogP contribution in [-0.2, 0) is 6.42 Å². The van der Waals surface area contributed by atoms with Gasteiger partial charge in [0.05, 0.1) is 16.7 Å². The highest BCUT2D eigenvalue weighted by molar-refractivity contribution is 6.01. The fraction of sp³-hybridized carbons (Fsp3) is 0.0526. The van der Waals surface area contributed by atoms with Crippen LogP contribution in [0, 0.1) is 0 Å². The van der Waals surface area contributed by atoms with E-state index in [0.29, 0.717) is 0 Å². The number of hydrogen-bond donors (Lipinski definition) is 0. The second-order valence-electron chi connectivity index (χ2n) is 5.54. The number of fused-ring (bicyclic) bond motifs is 3. The van der Waals surface area contributed by atoms with Crippen LogP contribution in [0.2, 0.25) is 0 Å². The van der Waals surface area contributed by atoms with Crippen LogP contribution in [0.5, 0.6) is 0 Å². The van der Waals surface area contributed by atoms with Gasteiger partial charge in [-0.2, -0.15) is 0 Å². The molecule has 2 heteroatoms. The summed E-state index contributed by atoms with van der Waals surface area (Å²) in [5, 5.41) is 2.65. The van der Waals surface area contributed by atoms with E-state index in [-0.39, 0.29) is 0 Å². The molecule has 0 atom stereocenters. The fourth-order valence-electron chi connectivity index (χ4n) is 3.38. The Morgan fingerprint density at radius 2 is 1.71 bits per heavy atom. The SMILES string of the molecule is c1cc2c3c(cccc3c1)-c1nc3cccnc3cc1C2. The molecule has 98 valence electrons. The van der Waals surface area contributed by atoms with E-state index < -0.39 is 0 Å². The van der Waals surface area contributed by atoms with E-state index in [9.17, 15) is 0 Å². The molecular weight excluding hydrogens is 256 g/mol. The molecule has 0 aliphatic heterocycles. The Morgan fingerprint density at radius 1 is 0.810 bits per heavy atom. The average Bonchev–Trinajstić information content (AvgIpc) is 2.54. The smallest absolute Gasteiger partial charge is 0.0894 e. The van der Waals surface area contributed by atoms with Gasteiger partial charge in [-0.1, -0.05) is 36.4 Å². The molecule has 0 unspecified atom stereocenters. The van der Waals surface area contributed by atoms with Crippen LogP contribution in [0.3, 0.4) is 0 Å². The molecule has 0 saturated carbocycles. The standard InChI is InChI=1S/C19H12N2/c1-4-12-5-2-7-15-18(12)13(6-1)10-14-11-17-16(21-19(14)15)8-3-9-20-17/h1-9,11H,10H2. The van der Waals surface area contributed by atoms with Gasteiger partial charge in [-0.3, -0.25) is 4.98 Å². The summed E-state index contributed by atoms with van der Waals surface area (Å²) in [5.41, 5.74) is 6.95. The van der Waals surface area contributed by atoms with Gasteiger partial charge in [-0.15, -0.1) is 0 Å². The summed E-state index contributed by atoms with van der Waals surface area (Å²) < 4.78 is 0. The van der Waals surface area contributed by atoms with Crippen molar-refractivity contribution in [2.45, 2.75) is 6.42 Å². The molecule has 2 nitrogen and oxygen atoms in total. The molecule has 2 heterocycles. The maximum Gasteiger partial charge on any atom is 0.0894 e. The van der Waals surface area contributed by atoms with Crippen molar-refractivity contribution < 1.29 is 0 Å². The molecule has 0 radical (unpaired) electrons. The summed E-state index contributed by atoms with van der Waals surface area (Å²) in [7, 11) is 0. The quantitative estimate of drug-likeness (QED) is 0.417. The first-order valence-corrected chi connectivity index (χ1v) is 7.16. The van der Waals surface area contributed by atoms with Crippen molar-refractivity contribution >= 4 is 21.8 Å². The Hall–Kier alpha value is -2.74. The van der Waals surface area contributed by atoms with Gasteiger partial charge in [0, 0.05) is 18.2 Å². The van der Waals surface area contributed by atoms with Crippen molar-refractivity contribution in [3.8, 4) is 11.3 Å². The predicted octanol–water partition coefficient (Wildman–Crippen LogP) is 4.35. The number of aromatic nitrogens is 2. The molecule has 0 N–H and O–H groups in total. The molecule has 2 aromatic carbocycles. The molecule has 21 heavy (non-hydrogen) atoms. The summed E-state index contributed by atoms with van der Waals surface area (Å²) in [5.74, 6) is 0. The van der Waals surface area contributed by atoms with E-state index in [1.807, 2.05) is 18.3 Å². The van der Waals surface area contributed by atoms with Gasteiger partial charge in [0.25, 0.3) is 0 Å². The second-order valence-corrected chi connectivity index (χ2v) is 5.54. The summed E-state index contributed by atoms with van der Waals surface area (Å²) in [6, 6.07) is 19.2. The molecule has 1 aliphatic rings. The molecule has 2 aromatic heterocycles. The van der Waals surface area contributed by atoms with E-state index in [1.54, 1.807) is 0 Å². The van der Waals surface area contributed by atoms with Crippen molar-refractivity contribution in [3.63, 3.8) is 0 Å². The largest absolute Gasteiger partial charge is 0.255 e. The van der Waals surface area contributed by atoms with E-state index in [4.69, 9.17) is 4.98 Å². The Bertz CT molecular complexity index is 1010. The summed E-state index contributed by atoms with van der Waals surface area (Å²) >= 11 is 0. The Kier molecular flexibility index (Phi) is 2.03. The molecule has 4 aromatic rings. The lowest BCUT2D eigenvalue weighted by atomic mass is 9.86. The van der Waals surface area contributed by atoms with Crippen molar-refractivity contribution in [1.29, 1.82) is 0 Å². The number of hydrogen-bond acceptors (Lipinski definition) is 2. The monoisotopic (exact) mass is 268 g/mol. The molecule has 1 aliphatic carbocycles. The van der Waals surface area contributed by atoms with Crippen LogP contribution in [0.4, 0.5) is 0 Å². The van der Waals surface area contributed by atoms with Crippen LogP contribution in [0.25, 0.3) is 33.1 Å². The van der Waals surface area contributed by atoms with Crippen LogP contribution in [0.1, 0.15) is 11.1 Å². The zero-order valence-electron chi connectivity index (χ0n) is 11.4. The van der Waals surface area contributed by atoms with Gasteiger partial charge in [-0.05, 0) is 40.1 Å². The highest BCUT2D eigenvalue weighted by Crippen LogP contribution is 2.38. The molecule has 0 amide bonds. The van der Waals surface area contributed by atoms with Crippen molar-refractivity contribution in [3.05, 3.63) is 71.9 Å². The van der Waals surface area contributed by atoms with Crippen molar-refractivity contribution in [2.24, 2.45) is 0 Å². The normalized spacial score (nSPS) is 12.6. The van der Waals surface area contributed by atoms with Crippen LogP contribution < -0.4 is 0 Å². The second kappa shape index (κ2) is 3.89. The first-order chi connectivity index (χ1) is 10.4. The summed E-state index contributed by atoms with van der Waals surface area (Å²) in [6.45, 7) is 0. The topological polar surface area (TPSA) is 25.8 Å². The predicted molar refractivity (Wildman–Crippen MR) is 85.3 cm³/mol. The number of benzene rings is 2. The van der Waals surface area contributed by atoms with Gasteiger partial charge < -0.3 is 0 Å². The molecule has 0 fully saturated rings. The van der Waals surface area contributed by atoms with E-state index >= 15 is 0 Å². The zero-order valence-corrected chi connectivity index (χ0v) is 11.4. The van der Waals surface area contributed by atoms with Gasteiger partial charge in [0.2, 0.25) is 0 Å². The van der Waals surface area contributed by atoms with Gasteiger partial charge in [-0.25, -0.2) is 4.98 Å². The van der Waals surface area contributed by atoms with E-state index in [1.165, 1.54) is 27.5 Å². The van der Waals surface area contributed by atoms with Crippen LogP contribution in [-0.4, -0.2) is 9.97 Å². The third-order valence-corrected chi connectivity index (χ3v) is 4.29. The summed E-state index contributed by atoms with van der Waals surface area (Å²) in [6.07, 6.45) is 2.76. The fourth-order valence-corrected chi connectivity index (χ4v) is 3.38. The maximum atomic E-state index is 4.88. The minimum atomic E-state index is 0.934. The Balaban J connectivity index is 1.95. The van der Waals surface area contributed by atoms with Gasteiger partial charge in [0.15, 0.2) is 0 Å². The van der Waals surface area contributed by atoms with Crippen LogP contribution >= 0.6 is 0 Å². The lowest BCUT2D eigenvalue weighted by Crippen LogP contribution is -2.03. The average molecular weight is 268 g/mol. The van der Waals surface area contributed by atoms with Gasteiger partial charge in [0.1, 0.15) is 0 Å². The van der Waals surface area contributed by atoms with Crippen molar-refractivity contribution in [2.75, 3.05) is 0 Å². The number of nitrogens with zero attached hydrogens (tertiary/aromatic N) is 2. The highest BCUT2D eigenvalue weighted by atomic mass is 14.8. The molecule has 5 rings (SSSR count). The number of pyridine rings is 2. The summed E-state index contributed by atoms with van der Waals surface area (Å²) in [4.78, 5) is 9.31. The molecule has 0 spiro atoms. The molecule has 0 bridgehead atoms. The first kappa shape index (κ1) is 11.0. The Labute approximate surface area is 122 Å². The lowest BCUT2D eigenvalue weighted by Gasteiger charge is -2.20. The lowest BCUT2D eigenvalue weighted by molar-refractivity contribution is 1.16. The van der Waals surface area contributed by atoms with E-state index in [0.717, 1.165) is 23.1 Å². The third kappa shape index (κ3) is 1.47. The number of rotatable bonds is 0. The zero-order chi connectivity index (χ0) is 13.8. The first-order valence-electron chi connectivity index (χ1n) is 7.16. The van der Waals surface area contributed by atoms with Crippen LogP contribution in [0.15, 0.2) is 60.8 Å².